The summed E-state index contributed by atoms with van der Waals surface area (Å²) in [6.07, 6.45) is 4.34. The summed E-state index contributed by atoms with van der Waals surface area (Å²) in [5, 5.41) is 17.5. The van der Waals surface area contributed by atoms with Crippen molar-refractivity contribution in [2.24, 2.45) is 0 Å². The molecule has 1 aliphatic heterocycles. The number of aromatic carboxylic acids is 1. The quantitative estimate of drug-likeness (QED) is 0.700. The van der Waals surface area contributed by atoms with Gasteiger partial charge in [-0.25, -0.2) is 9.48 Å². The molecule has 1 saturated heterocycles. The van der Waals surface area contributed by atoms with E-state index in [9.17, 15) is 14.7 Å². The number of carbonyl (C=O) groups is 2. The van der Waals surface area contributed by atoms with Crippen molar-refractivity contribution in [2.75, 3.05) is 13.1 Å². The van der Waals surface area contributed by atoms with Gasteiger partial charge in [0, 0.05) is 25.7 Å². The Balaban J connectivity index is 1.31. The topological polar surface area (TPSA) is 101 Å². The summed E-state index contributed by atoms with van der Waals surface area (Å²) in [5.74, 6) is -0.945. The van der Waals surface area contributed by atoms with Crippen LogP contribution in [0.4, 0.5) is 0 Å². The molecule has 1 aromatic carbocycles. The van der Waals surface area contributed by atoms with Crippen molar-refractivity contribution in [3.8, 4) is 10.6 Å². The number of nitrogens with zero attached hydrogens (tertiary/aromatic N) is 5. The normalized spacial score (nSPS) is 14.1. The van der Waals surface area contributed by atoms with Crippen LogP contribution in [-0.2, 0) is 11.2 Å². The Bertz CT molecular complexity index is 963. The molecule has 8 nitrogen and oxygen atoms in total. The number of thiazole rings is 1. The average molecular weight is 383 g/mol. The van der Waals surface area contributed by atoms with E-state index in [2.05, 4.69) is 15.3 Å². The smallest absolute Gasteiger partial charge is 0.335 e. The zero-order valence-corrected chi connectivity index (χ0v) is 15.2. The van der Waals surface area contributed by atoms with E-state index >= 15 is 0 Å². The lowest BCUT2D eigenvalue weighted by atomic mass is 10.0. The lowest BCUT2D eigenvalue weighted by Crippen LogP contribution is -2.51. The van der Waals surface area contributed by atoms with Gasteiger partial charge in [-0.1, -0.05) is 23.4 Å². The third kappa shape index (κ3) is 3.59. The highest BCUT2D eigenvalue weighted by Gasteiger charge is 2.32. The Labute approximate surface area is 159 Å². The summed E-state index contributed by atoms with van der Waals surface area (Å²) in [4.78, 5) is 30.4. The number of amides is 1. The van der Waals surface area contributed by atoms with Crippen molar-refractivity contribution >= 4 is 23.2 Å². The zero-order chi connectivity index (χ0) is 18.8. The van der Waals surface area contributed by atoms with E-state index in [4.69, 9.17) is 0 Å². The van der Waals surface area contributed by atoms with E-state index in [1.54, 1.807) is 45.6 Å². The molecule has 0 aliphatic carbocycles. The van der Waals surface area contributed by atoms with Gasteiger partial charge in [0.25, 0.3) is 0 Å². The van der Waals surface area contributed by atoms with Gasteiger partial charge < -0.3 is 10.0 Å². The minimum absolute atomic E-state index is 0.0224. The number of carboxylic acids is 1. The number of likely N-dealkylation sites (tertiary alicyclic amines) is 1. The lowest BCUT2D eigenvalue weighted by molar-refractivity contribution is -0.137. The predicted octanol–water partition coefficient (Wildman–Crippen LogP) is 2.12. The van der Waals surface area contributed by atoms with Crippen molar-refractivity contribution in [1.29, 1.82) is 0 Å². The molecule has 3 aromatic rings. The predicted molar refractivity (Wildman–Crippen MR) is 98.5 cm³/mol. The van der Waals surface area contributed by atoms with Crippen molar-refractivity contribution in [1.82, 2.24) is 24.9 Å². The highest BCUT2D eigenvalue weighted by Crippen LogP contribution is 2.25. The van der Waals surface area contributed by atoms with Crippen LogP contribution in [0, 0.1) is 0 Å². The molecule has 1 amide bonds. The molecule has 0 radical (unpaired) electrons. The van der Waals surface area contributed by atoms with Crippen LogP contribution < -0.4 is 0 Å². The van der Waals surface area contributed by atoms with Crippen LogP contribution in [-0.4, -0.2) is 55.0 Å². The molecule has 0 atom stereocenters. The van der Waals surface area contributed by atoms with Crippen molar-refractivity contribution in [2.45, 2.75) is 18.9 Å². The number of aromatic nitrogens is 4. The second-order valence-corrected chi connectivity index (χ2v) is 7.25. The molecule has 4 rings (SSSR count). The molecule has 0 unspecified atom stereocenters. The Morgan fingerprint density at radius 2 is 2.07 bits per heavy atom. The van der Waals surface area contributed by atoms with Gasteiger partial charge in [-0.05, 0) is 18.1 Å². The molecule has 2 aromatic heterocycles. The first-order valence-electron chi connectivity index (χ1n) is 8.51. The van der Waals surface area contributed by atoms with E-state index in [-0.39, 0.29) is 17.5 Å². The standard InChI is InChI=1S/C18H17N5O3S/c24-17(6-5-12-3-1-2-4-14(12)18(25)26)22-8-13(9-22)23-10-15(20-21-23)16-7-19-11-27-16/h1-4,7,10-11,13H,5-6,8-9H2,(H,25,26). The first-order chi connectivity index (χ1) is 13.1. The Morgan fingerprint density at radius 3 is 2.81 bits per heavy atom. The van der Waals surface area contributed by atoms with E-state index in [0.717, 1.165) is 10.6 Å². The molecule has 1 N–H and O–H groups in total. The third-order valence-corrected chi connectivity index (χ3v) is 5.44. The van der Waals surface area contributed by atoms with Crippen LogP contribution in [0.25, 0.3) is 10.6 Å². The van der Waals surface area contributed by atoms with Crippen LogP contribution in [0.2, 0.25) is 0 Å². The number of carbonyl (C=O) groups excluding carboxylic acids is 1. The fourth-order valence-corrected chi connectivity index (χ4v) is 3.65. The minimum atomic E-state index is -0.968. The second kappa shape index (κ2) is 7.28. The van der Waals surface area contributed by atoms with Crippen LogP contribution in [0.1, 0.15) is 28.4 Å². The molecule has 1 aliphatic rings. The summed E-state index contributed by atoms with van der Waals surface area (Å²) in [7, 11) is 0. The molecule has 27 heavy (non-hydrogen) atoms. The van der Waals surface area contributed by atoms with Gasteiger partial charge in [-0.15, -0.1) is 16.4 Å². The Kier molecular flexibility index (Phi) is 4.68. The molecule has 9 heteroatoms. The summed E-state index contributed by atoms with van der Waals surface area (Å²) in [6.45, 7) is 1.18. The van der Waals surface area contributed by atoms with Crippen LogP contribution >= 0.6 is 11.3 Å². The van der Waals surface area contributed by atoms with Gasteiger partial charge in [-0.3, -0.25) is 9.78 Å². The average Bonchev–Trinajstić information content (AvgIpc) is 3.30. The summed E-state index contributed by atoms with van der Waals surface area (Å²) in [5.41, 5.74) is 3.47. The fourth-order valence-electron chi connectivity index (χ4n) is 3.08. The van der Waals surface area contributed by atoms with Gasteiger partial charge in [0.1, 0.15) is 5.69 Å². The highest BCUT2D eigenvalue weighted by molar-refractivity contribution is 7.13. The monoisotopic (exact) mass is 383 g/mol. The number of carboxylic acid groups (broad SMARTS) is 1. The first kappa shape index (κ1) is 17.3. The van der Waals surface area contributed by atoms with Gasteiger partial charge >= 0.3 is 5.97 Å². The van der Waals surface area contributed by atoms with E-state index in [1.807, 2.05) is 6.20 Å². The van der Waals surface area contributed by atoms with Gasteiger partial charge in [0.15, 0.2) is 0 Å². The summed E-state index contributed by atoms with van der Waals surface area (Å²) in [6, 6.07) is 6.92. The first-order valence-corrected chi connectivity index (χ1v) is 9.39. The third-order valence-electron chi connectivity index (χ3n) is 4.64. The maximum Gasteiger partial charge on any atom is 0.335 e. The minimum Gasteiger partial charge on any atom is -0.478 e. The zero-order valence-electron chi connectivity index (χ0n) is 14.4. The van der Waals surface area contributed by atoms with Gasteiger partial charge in [0.05, 0.1) is 28.2 Å². The maximum absolute atomic E-state index is 12.4. The second-order valence-electron chi connectivity index (χ2n) is 6.36. The largest absolute Gasteiger partial charge is 0.478 e. The molecular weight excluding hydrogens is 366 g/mol. The Morgan fingerprint density at radius 1 is 1.26 bits per heavy atom. The van der Waals surface area contributed by atoms with Crippen molar-refractivity contribution in [3.63, 3.8) is 0 Å². The van der Waals surface area contributed by atoms with Crippen LogP contribution in [0.5, 0.6) is 0 Å². The molecule has 0 spiro atoms. The molecule has 138 valence electrons. The molecule has 1 fully saturated rings. The maximum atomic E-state index is 12.4. The van der Waals surface area contributed by atoms with Gasteiger partial charge in [-0.2, -0.15) is 0 Å². The van der Waals surface area contributed by atoms with Gasteiger partial charge in [0.2, 0.25) is 5.91 Å². The summed E-state index contributed by atoms with van der Waals surface area (Å²) >= 11 is 1.51. The molecule has 0 bridgehead atoms. The number of aryl methyl sites for hydroxylation is 1. The van der Waals surface area contributed by atoms with E-state index in [0.29, 0.717) is 31.5 Å². The molecule has 0 saturated carbocycles. The molecular formula is C18H17N5O3S. The van der Waals surface area contributed by atoms with Crippen LogP contribution in [0.15, 0.2) is 42.2 Å². The highest BCUT2D eigenvalue weighted by atomic mass is 32.1. The van der Waals surface area contributed by atoms with Crippen molar-refractivity contribution in [3.05, 3.63) is 53.3 Å². The number of benzene rings is 1. The SMILES string of the molecule is O=C(O)c1ccccc1CCC(=O)N1CC(n2cc(-c3cncs3)nn2)C1. The van der Waals surface area contributed by atoms with Crippen LogP contribution in [0.3, 0.4) is 0 Å². The number of hydrogen-bond donors (Lipinski definition) is 1. The number of hydrogen-bond acceptors (Lipinski definition) is 6. The summed E-state index contributed by atoms with van der Waals surface area (Å²) < 4.78 is 1.79. The molecule has 3 heterocycles. The van der Waals surface area contributed by atoms with Crippen molar-refractivity contribution < 1.29 is 14.7 Å². The van der Waals surface area contributed by atoms with E-state index < -0.39 is 5.97 Å². The van der Waals surface area contributed by atoms with E-state index in [1.165, 1.54) is 11.3 Å². The fraction of sp³-hybridized carbons (Fsp3) is 0.278. The lowest BCUT2D eigenvalue weighted by Gasteiger charge is -2.39. The Hall–Kier alpha value is -3.07. The number of rotatable bonds is 6.